The van der Waals surface area contributed by atoms with E-state index in [-0.39, 0.29) is 5.91 Å². The van der Waals surface area contributed by atoms with E-state index in [0.717, 1.165) is 22.9 Å². The molecule has 23 heavy (non-hydrogen) atoms. The predicted molar refractivity (Wildman–Crippen MR) is 96.9 cm³/mol. The van der Waals surface area contributed by atoms with Gasteiger partial charge in [0.1, 0.15) is 0 Å². The predicted octanol–water partition coefficient (Wildman–Crippen LogP) is 5.01. The third-order valence-electron chi connectivity index (χ3n) is 4.14. The fourth-order valence-electron chi connectivity index (χ4n) is 2.86. The molecule has 0 bridgehead atoms. The van der Waals surface area contributed by atoms with Crippen molar-refractivity contribution in [3.63, 3.8) is 0 Å². The molecule has 0 N–H and O–H groups in total. The summed E-state index contributed by atoms with van der Waals surface area (Å²) in [5.74, 6) is 0.209. The Morgan fingerprint density at radius 2 is 1.87 bits per heavy atom. The van der Waals surface area contributed by atoms with Crippen LogP contribution in [0.1, 0.15) is 29.5 Å². The molecule has 2 aromatic carbocycles. The third-order valence-corrected chi connectivity index (χ3v) is 4.88. The Kier molecular flexibility index (Phi) is 4.97. The minimum Gasteiger partial charge on any atom is -0.315 e. The summed E-state index contributed by atoms with van der Waals surface area (Å²) >= 11 is 3.65. The molecule has 1 amide bonds. The standard InChI is InChI=1S/C20H20BrNO/c1-15-7-9-18(19(21)11-15)12-17-8-10-20(23)22(14-17)13-16-5-3-2-4-6-16/h2-7,9,11,14H,8,10,12-13H2,1H3. The van der Waals surface area contributed by atoms with Crippen LogP contribution in [0.25, 0.3) is 0 Å². The molecule has 2 aromatic rings. The molecule has 0 atom stereocenters. The van der Waals surface area contributed by atoms with Crippen LogP contribution in [0.15, 0.2) is 64.8 Å². The van der Waals surface area contributed by atoms with Crippen LogP contribution in [-0.2, 0) is 17.8 Å². The molecule has 0 saturated carbocycles. The summed E-state index contributed by atoms with van der Waals surface area (Å²) in [7, 11) is 0. The lowest BCUT2D eigenvalue weighted by Crippen LogP contribution is -2.29. The van der Waals surface area contributed by atoms with E-state index < -0.39 is 0 Å². The average molecular weight is 370 g/mol. The minimum atomic E-state index is 0.209. The van der Waals surface area contributed by atoms with E-state index in [1.807, 2.05) is 29.3 Å². The lowest BCUT2D eigenvalue weighted by Gasteiger charge is -2.25. The van der Waals surface area contributed by atoms with Crippen LogP contribution in [0.5, 0.6) is 0 Å². The molecule has 0 aliphatic carbocycles. The van der Waals surface area contributed by atoms with Crippen molar-refractivity contribution >= 4 is 21.8 Å². The van der Waals surface area contributed by atoms with Gasteiger partial charge in [0.05, 0.1) is 6.54 Å². The van der Waals surface area contributed by atoms with Gasteiger partial charge in [-0.15, -0.1) is 0 Å². The highest BCUT2D eigenvalue weighted by Crippen LogP contribution is 2.26. The lowest BCUT2D eigenvalue weighted by atomic mass is 9.98. The Balaban J connectivity index is 1.76. The van der Waals surface area contributed by atoms with Crippen molar-refractivity contribution < 1.29 is 4.79 Å². The molecule has 1 heterocycles. The number of carbonyl (C=O) groups excluding carboxylic acids is 1. The van der Waals surface area contributed by atoms with Gasteiger partial charge in [-0.1, -0.05) is 58.4 Å². The maximum atomic E-state index is 12.2. The minimum absolute atomic E-state index is 0.209. The van der Waals surface area contributed by atoms with Gasteiger partial charge in [-0.05, 0) is 48.1 Å². The first kappa shape index (κ1) is 16.0. The fourth-order valence-corrected chi connectivity index (χ4v) is 3.49. The maximum Gasteiger partial charge on any atom is 0.227 e. The highest BCUT2D eigenvalue weighted by Gasteiger charge is 2.19. The van der Waals surface area contributed by atoms with Crippen LogP contribution < -0.4 is 0 Å². The third kappa shape index (κ3) is 4.11. The van der Waals surface area contributed by atoms with Crippen molar-refractivity contribution in [2.24, 2.45) is 0 Å². The van der Waals surface area contributed by atoms with Crippen molar-refractivity contribution in [3.8, 4) is 0 Å². The van der Waals surface area contributed by atoms with E-state index in [9.17, 15) is 4.79 Å². The van der Waals surface area contributed by atoms with E-state index in [4.69, 9.17) is 0 Å². The van der Waals surface area contributed by atoms with E-state index >= 15 is 0 Å². The second kappa shape index (κ2) is 7.14. The van der Waals surface area contributed by atoms with Crippen LogP contribution in [0.3, 0.4) is 0 Å². The Bertz CT molecular complexity index is 737. The fraction of sp³-hybridized carbons (Fsp3) is 0.250. The largest absolute Gasteiger partial charge is 0.315 e. The molecule has 1 aliphatic rings. The van der Waals surface area contributed by atoms with Crippen LogP contribution in [0, 0.1) is 6.92 Å². The zero-order valence-corrected chi connectivity index (χ0v) is 14.8. The number of aryl methyl sites for hydroxylation is 1. The van der Waals surface area contributed by atoms with Crippen molar-refractivity contribution in [2.75, 3.05) is 0 Å². The molecule has 1 aliphatic heterocycles. The number of benzene rings is 2. The van der Waals surface area contributed by atoms with Crippen LogP contribution >= 0.6 is 15.9 Å². The SMILES string of the molecule is Cc1ccc(CC2=CN(Cc3ccccc3)C(=O)CC2)c(Br)c1. The highest BCUT2D eigenvalue weighted by atomic mass is 79.9. The summed E-state index contributed by atoms with van der Waals surface area (Å²) in [6.45, 7) is 2.74. The Hall–Kier alpha value is -1.87. The Morgan fingerprint density at radius 1 is 1.09 bits per heavy atom. The van der Waals surface area contributed by atoms with Gasteiger partial charge in [0.2, 0.25) is 5.91 Å². The quantitative estimate of drug-likeness (QED) is 0.741. The van der Waals surface area contributed by atoms with Gasteiger partial charge in [-0.3, -0.25) is 4.79 Å². The number of halogens is 1. The van der Waals surface area contributed by atoms with Crippen molar-refractivity contribution in [2.45, 2.75) is 32.7 Å². The molecule has 118 valence electrons. The molecular weight excluding hydrogens is 350 g/mol. The van der Waals surface area contributed by atoms with E-state index in [0.29, 0.717) is 13.0 Å². The summed E-state index contributed by atoms with van der Waals surface area (Å²) in [4.78, 5) is 14.0. The lowest BCUT2D eigenvalue weighted by molar-refractivity contribution is -0.129. The number of rotatable bonds is 4. The van der Waals surface area contributed by atoms with Crippen molar-refractivity contribution in [1.82, 2.24) is 4.90 Å². The first-order valence-corrected chi connectivity index (χ1v) is 8.69. The molecular formula is C20H20BrNO. The average Bonchev–Trinajstić information content (AvgIpc) is 2.54. The van der Waals surface area contributed by atoms with E-state index in [1.165, 1.54) is 16.7 Å². The summed E-state index contributed by atoms with van der Waals surface area (Å²) in [6.07, 6.45) is 4.39. The topological polar surface area (TPSA) is 20.3 Å². The first-order chi connectivity index (χ1) is 11.1. The Labute approximate surface area is 146 Å². The van der Waals surface area contributed by atoms with Gasteiger partial charge in [-0.25, -0.2) is 0 Å². The van der Waals surface area contributed by atoms with E-state index in [2.05, 4.69) is 53.2 Å². The molecule has 2 nitrogen and oxygen atoms in total. The number of nitrogens with zero attached hydrogens (tertiary/aromatic N) is 1. The number of hydrogen-bond acceptors (Lipinski definition) is 1. The number of amides is 1. The smallest absolute Gasteiger partial charge is 0.227 e. The van der Waals surface area contributed by atoms with Crippen LogP contribution in [0.4, 0.5) is 0 Å². The van der Waals surface area contributed by atoms with Crippen LogP contribution in [-0.4, -0.2) is 10.8 Å². The normalized spacial score (nSPS) is 14.8. The summed E-state index contributed by atoms with van der Waals surface area (Å²) < 4.78 is 1.14. The van der Waals surface area contributed by atoms with Gasteiger partial charge in [0.15, 0.2) is 0 Å². The van der Waals surface area contributed by atoms with Gasteiger partial charge >= 0.3 is 0 Å². The molecule has 3 rings (SSSR count). The van der Waals surface area contributed by atoms with Crippen LogP contribution in [0.2, 0.25) is 0 Å². The molecule has 3 heteroatoms. The molecule has 0 fully saturated rings. The van der Waals surface area contributed by atoms with E-state index in [1.54, 1.807) is 0 Å². The molecule has 0 aromatic heterocycles. The number of hydrogen-bond donors (Lipinski definition) is 0. The summed E-state index contributed by atoms with van der Waals surface area (Å²) in [5.41, 5.74) is 5.00. The monoisotopic (exact) mass is 369 g/mol. The summed E-state index contributed by atoms with van der Waals surface area (Å²) in [5, 5.41) is 0. The number of carbonyl (C=O) groups is 1. The Morgan fingerprint density at radius 3 is 2.61 bits per heavy atom. The van der Waals surface area contributed by atoms with Gasteiger partial charge in [0.25, 0.3) is 0 Å². The number of allylic oxidation sites excluding steroid dienone is 1. The zero-order chi connectivity index (χ0) is 16.2. The van der Waals surface area contributed by atoms with Gasteiger partial charge in [0, 0.05) is 17.1 Å². The second-order valence-electron chi connectivity index (χ2n) is 6.07. The second-order valence-corrected chi connectivity index (χ2v) is 6.92. The van der Waals surface area contributed by atoms with Crippen molar-refractivity contribution in [3.05, 3.63) is 81.5 Å². The van der Waals surface area contributed by atoms with Gasteiger partial charge < -0.3 is 4.90 Å². The maximum absolute atomic E-state index is 12.2. The molecule has 0 spiro atoms. The summed E-state index contributed by atoms with van der Waals surface area (Å²) in [6, 6.07) is 16.6. The zero-order valence-electron chi connectivity index (χ0n) is 13.3. The molecule has 0 saturated heterocycles. The highest BCUT2D eigenvalue weighted by molar-refractivity contribution is 9.10. The molecule has 0 radical (unpaired) electrons. The molecule has 0 unspecified atom stereocenters. The first-order valence-electron chi connectivity index (χ1n) is 7.90. The van der Waals surface area contributed by atoms with Crippen molar-refractivity contribution in [1.29, 1.82) is 0 Å². The van der Waals surface area contributed by atoms with Gasteiger partial charge in [-0.2, -0.15) is 0 Å².